The summed E-state index contributed by atoms with van der Waals surface area (Å²) >= 11 is 0. The lowest BCUT2D eigenvalue weighted by atomic mass is 9.65. The minimum absolute atomic E-state index is 0.220. The van der Waals surface area contributed by atoms with Gasteiger partial charge >= 0.3 is 0 Å². The van der Waals surface area contributed by atoms with E-state index in [0.717, 1.165) is 44.8 Å². The van der Waals surface area contributed by atoms with Crippen molar-refractivity contribution in [2.24, 2.45) is 11.3 Å². The molecule has 2 saturated carbocycles. The van der Waals surface area contributed by atoms with E-state index in [1.165, 1.54) is 19.3 Å². The van der Waals surface area contributed by atoms with Crippen molar-refractivity contribution in [1.29, 1.82) is 0 Å². The van der Waals surface area contributed by atoms with Gasteiger partial charge in [0.25, 0.3) is 0 Å². The van der Waals surface area contributed by atoms with Crippen molar-refractivity contribution >= 4 is 11.0 Å². The van der Waals surface area contributed by atoms with Crippen LogP contribution in [0.25, 0.3) is 0 Å². The molecule has 3 fully saturated rings. The first kappa shape index (κ1) is 17.8. The lowest BCUT2D eigenvalue weighted by Gasteiger charge is -2.47. The Morgan fingerprint density at radius 1 is 1.13 bits per heavy atom. The lowest BCUT2D eigenvalue weighted by molar-refractivity contribution is -0.194. The van der Waals surface area contributed by atoms with Crippen LogP contribution < -0.4 is 4.72 Å². The second kappa shape index (κ2) is 6.40. The third-order valence-corrected chi connectivity index (χ3v) is 7.65. The van der Waals surface area contributed by atoms with Crippen LogP contribution in [0.5, 0.6) is 0 Å². The Kier molecular flexibility index (Phi) is 4.96. The van der Waals surface area contributed by atoms with Crippen molar-refractivity contribution in [3.63, 3.8) is 0 Å². The second-order valence-electron chi connectivity index (χ2n) is 8.84. The molecule has 0 aromatic rings. The summed E-state index contributed by atoms with van der Waals surface area (Å²) in [5, 5.41) is 0. The lowest BCUT2D eigenvalue weighted by Crippen LogP contribution is -2.52. The quantitative estimate of drug-likeness (QED) is 0.831. The summed E-state index contributed by atoms with van der Waals surface area (Å²) in [7, 11) is -1.01. The van der Waals surface area contributed by atoms with Crippen molar-refractivity contribution in [2.75, 3.05) is 13.2 Å². The zero-order valence-corrected chi connectivity index (χ0v) is 16.0. The molecule has 1 spiro atoms. The zero-order valence-electron chi connectivity index (χ0n) is 15.2. The summed E-state index contributed by atoms with van der Waals surface area (Å²) in [6, 6.07) is 0.266. The Morgan fingerprint density at radius 2 is 1.70 bits per heavy atom. The number of hydrogen-bond acceptors (Lipinski definition) is 3. The molecule has 134 valence electrons. The number of hydrogen-bond donors (Lipinski definition) is 1. The van der Waals surface area contributed by atoms with E-state index in [2.05, 4.69) is 11.6 Å². The fourth-order valence-electron chi connectivity index (χ4n) is 4.09. The molecule has 0 amide bonds. The molecule has 1 saturated heterocycles. The molecule has 3 aliphatic rings. The SMILES string of the molecule is CC(NS(=O)C(C)(C)C)C1(CC2CC2)CCC2(CC1)OCCO2. The first-order valence-electron chi connectivity index (χ1n) is 9.21. The predicted octanol–water partition coefficient (Wildman–Crippen LogP) is 3.53. The fraction of sp³-hybridized carbons (Fsp3) is 1.00. The van der Waals surface area contributed by atoms with Crippen LogP contribution in [0.4, 0.5) is 0 Å². The molecule has 0 aromatic carbocycles. The minimum atomic E-state index is -1.01. The first-order valence-corrected chi connectivity index (χ1v) is 10.4. The molecule has 1 aliphatic heterocycles. The minimum Gasteiger partial charge on any atom is -0.348 e. The molecule has 3 rings (SSSR count). The average Bonchev–Trinajstić information content (AvgIpc) is 3.18. The van der Waals surface area contributed by atoms with Gasteiger partial charge in [-0.25, -0.2) is 8.93 Å². The Bertz CT molecular complexity index is 440. The van der Waals surface area contributed by atoms with Gasteiger partial charge in [0.15, 0.2) is 5.79 Å². The number of rotatable bonds is 5. The van der Waals surface area contributed by atoms with Crippen LogP contribution in [-0.2, 0) is 20.5 Å². The van der Waals surface area contributed by atoms with Gasteiger partial charge in [0.1, 0.15) is 0 Å². The first-order chi connectivity index (χ1) is 10.7. The van der Waals surface area contributed by atoms with E-state index in [-0.39, 0.29) is 22.0 Å². The van der Waals surface area contributed by atoms with E-state index in [4.69, 9.17) is 9.47 Å². The molecular formula is C18H33NO3S. The van der Waals surface area contributed by atoms with Gasteiger partial charge in [-0.1, -0.05) is 12.8 Å². The molecule has 0 aromatic heterocycles. The standard InChI is InChI=1S/C18H33NO3S/c1-14(19-23(20)16(2,3)4)17(13-15-5-6-15)7-9-18(10-8-17)21-11-12-22-18/h14-15,19H,5-13H2,1-4H3. The Hall–Kier alpha value is 0.0300. The highest BCUT2D eigenvalue weighted by Gasteiger charge is 2.50. The molecule has 1 N–H and O–H groups in total. The molecule has 0 radical (unpaired) electrons. The summed E-state index contributed by atoms with van der Waals surface area (Å²) in [4.78, 5) is 0. The maximum absolute atomic E-state index is 12.6. The molecule has 2 unspecified atom stereocenters. The van der Waals surface area contributed by atoms with Gasteiger partial charge in [-0.2, -0.15) is 0 Å². The fourth-order valence-corrected chi connectivity index (χ4v) is 5.01. The van der Waals surface area contributed by atoms with Gasteiger partial charge in [-0.15, -0.1) is 0 Å². The van der Waals surface area contributed by atoms with E-state index >= 15 is 0 Å². The van der Waals surface area contributed by atoms with Gasteiger partial charge in [-0.3, -0.25) is 0 Å². The monoisotopic (exact) mass is 343 g/mol. The Balaban J connectivity index is 1.68. The summed E-state index contributed by atoms with van der Waals surface area (Å²) in [6.07, 6.45) is 8.18. The van der Waals surface area contributed by atoms with Gasteiger partial charge in [-0.05, 0) is 58.3 Å². The normalized spacial score (nSPS) is 29.6. The molecule has 23 heavy (non-hydrogen) atoms. The smallest absolute Gasteiger partial charge is 0.168 e. The van der Waals surface area contributed by atoms with Gasteiger partial charge in [0, 0.05) is 18.9 Å². The third-order valence-electron chi connectivity index (χ3n) is 5.97. The Labute approximate surface area is 143 Å². The molecule has 4 nitrogen and oxygen atoms in total. The number of ether oxygens (including phenoxy) is 2. The van der Waals surface area contributed by atoms with Crippen LogP contribution in [0, 0.1) is 11.3 Å². The molecule has 5 heteroatoms. The highest BCUT2D eigenvalue weighted by molar-refractivity contribution is 7.84. The molecule has 2 aliphatic carbocycles. The second-order valence-corrected chi connectivity index (χ2v) is 10.8. The topological polar surface area (TPSA) is 47.6 Å². The van der Waals surface area contributed by atoms with Crippen LogP contribution in [0.1, 0.15) is 72.6 Å². The highest BCUT2D eigenvalue weighted by Crippen LogP contribution is 2.53. The van der Waals surface area contributed by atoms with Gasteiger partial charge in [0.05, 0.1) is 28.9 Å². The molecule has 0 bridgehead atoms. The third kappa shape index (κ3) is 4.00. The average molecular weight is 344 g/mol. The summed E-state index contributed by atoms with van der Waals surface area (Å²) in [5.41, 5.74) is 0.239. The zero-order chi connectivity index (χ0) is 16.7. The van der Waals surface area contributed by atoms with Gasteiger partial charge < -0.3 is 9.47 Å². The van der Waals surface area contributed by atoms with E-state index < -0.39 is 11.0 Å². The van der Waals surface area contributed by atoms with Crippen molar-refractivity contribution in [3.8, 4) is 0 Å². The number of nitrogens with one attached hydrogen (secondary N) is 1. The summed E-state index contributed by atoms with van der Waals surface area (Å²) < 4.78 is 27.6. The van der Waals surface area contributed by atoms with E-state index in [9.17, 15) is 4.21 Å². The maximum Gasteiger partial charge on any atom is 0.168 e. The van der Waals surface area contributed by atoms with Crippen molar-refractivity contribution in [2.45, 2.75) is 89.2 Å². The largest absolute Gasteiger partial charge is 0.348 e. The summed E-state index contributed by atoms with van der Waals surface area (Å²) in [6.45, 7) is 9.81. The van der Waals surface area contributed by atoms with E-state index in [1.54, 1.807) is 0 Å². The van der Waals surface area contributed by atoms with Crippen LogP contribution in [0.3, 0.4) is 0 Å². The van der Waals surface area contributed by atoms with E-state index in [0.29, 0.717) is 0 Å². The van der Waals surface area contributed by atoms with E-state index in [1.807, 2.05) is 20.8 Å². The molecular weight excluding hydrogens is 310 g/mol. The van der Waals surface area contributed by atoms with Crippen LogP contribution in [0.15, 0.2) is 0 Å². The maximum atomic E-state index is 12.6. The summed E-state index contributed by atoms with van der Waals surface area (Å²) in [5.74, 6) is 0.567. The van der Waals surface area contributed by atoms with Gasteiger partial charge in [0.2, 0.25) is 0 Å². The van der Waals surface area contributed by atoms with Crippen LogP contribution in [0.2, 0.25) is 0 Å². The van der Waals surface area contributed by atoms with Crippen LogP contribution >= 0.6 is 0 Å². The van der Waals surface area contributed by atoms with Crippen molar-refractivity contribution in [3.05, 3.63) is 0 Å². The molecule has 1 heterocycles. The highest BCUT2D eigenvalue weighted by atomic mass is 32.2. The van der Waals surface area contributed by atoms with Crippen molar-refractivity contribution in [1.82, 2.24) is 4.72 Å². The predicted molar refractivity (Wildman–Crippen MR) is 93.4 cm³/mol. The Morgan fingerprint density at radius 3 is 2.17 bits per heavy atom. The molecule has 2 atom stereocenters. The van der Waals surface area contributed by atoms with Crippen molar-refractivity contribution < 1.29 is 13.7 Å². The van der Waals surface area contributed by atoms with Crippen LogP contribution in [-0.4, -0.2) is 34.0 Å².